The number of morpholine rings is 1. The van der Waals surface area contributed by atoms with Gasteiger partial charge in [0.05, 0.1) is 13.2 Å². The third-order valence-electron chi connectivity index (χ3n) is 5.77. The molecule has 0 aromatic carbocycles. The van der Waals surface area contributed by atoms with Crippen LogP contribution in [0.2, 0.25) is 0 Å². The van der Waals surface area contributed by atoms with Gasteiger partial charge < -0.3 is 15.4 Å². The predicted molar refractivity (Wildman–Crippen MR) is 79.9 cm³/mol. The lowest BCUT2D eigenvalue weighted by atomic mass is 9.93. The monoisotopic (exact) mass is 279 g/mol. The Morgan fingerprint density at radius 2 is 2.05 bits per heavy atom. The van der Waals surface area contributed by atoms with Crippen molar-refractivity contribution in [3.63, 3.8) is 0 Å². The zero-order chi connectivity index (χ0) is 13.4. The highest BCUT2D eigenvalue weighted by Gasteiger charge is 2.38. The second-order valence-electron chi connectivity index (χ2n) is 7.22. The SMILES string of the molecule is C1CC(NC2CCN(C3CC3)C2)C(C2COCCN2)C1. The molecular formula is C16H29N3O. The van der Waals surface area contributed by atoms with E-state index in [2.05, 4.69) is 15.5 Å². The highest BCUT2D eigenvalue weighted by molar-refractivity contribution is 4.97. The van der Waals surface area contributed by atoms with Gasteiger partial charge in [0.1, 0.15) is 0 Å². The average Bonchev–Trinajstić information content (AvgIpc) is 3.06. The number of ether oxygens (including phenoxy) is 1. The maximum Gasteiger partial charge on any atom is 0.0623 e. The predicted octanol–water partition coefficient (Wildman–Crippen LogP) is 0.970. The molecule has 2 saturated carbocycles. The molecule has 20 heavy (non-hydrogen) atoms. The molecule has 2 N–H and O–H groups in total. The Kier molecular flexibility index (Phi) is 3.99. The number of hydrogen-bond donors (Lipinski definition) is 2. The van der Waals surface area contributed by atoms with Crippen LogP contribution in [0.1, 0.15) is 38.5 Å². The number of nitrogens with one attached hydrogen (secondary N) is 2. The Morgan fingerprint density at radius 3 is 2.85 bits per heavy atom. The van der Waals surface area contributed by atoms with E-state index in [0.29, 0.717) is 6.04 Å². The van der Waals surface area contributed by atoms with Gasteiger partial charge in [-0.15, -0.1) is 0 Å². The summed E-state index contributed by atoms with van der Waals surface area (Å²) in [6.07, 6.45) is 8.37. The summed E-state index contributed by atoms with van der Waals surface area (Å²) < 4.78 is 5.67. The maximum atomic E-state index is 5.67. The van der Waals surface area contributed by atoms with E-state index in [1.807, 2.05) is 0 Å². The molecule has 2 aliphatic heterocycles. The molecule has 2 aliphatic carbocycles. The molecule has 4 atom stereocenters. The maximum absolute atomic E-state index is 5.67. The topological polar surface area (TPSA) is 36.5 Å². The Balaban J connectivity index is 1.30. The first-order valence-electron chi connectivity index (χ1n) is 8.71. The van der Waals surface area contributed by atoms with Gasteiger partial charge in [-0.1, -0.05) is 6.42 Å². The number of rotatable bonds is 4. The molecule has 4 nitrogen and oxygen atoms in total. The van der Waals surface area contributed by atoms with Crippen molar-refractivity contribution in [3.8, 4) is 0 Å². The molecule has 0 spiro atoms. The minimum atomic E-state index is 0.588. The van der Waals surface area contributed by atoms with Gasteiger partial charge in [0.15, 0.2) is 0 Å². The van der Waals surface area contributed by atoms with E-state index in [1.165, 1.54) is 51.6 Å². The van der Waals surface area contributed by atoms with E-state index in [0.717, 1.165) is 43.8 Å². The van der Waals surface area contributed by atoms with Crippen LogP contribution in [0, 0.1) is 5.92 Å². The Morgan fingerprint density at radius 1 is 1.10 bits per heavy atom. The highest BCUT2D eigenvalue weighted by Crippen LogP contribution is 2.33. The zero-order valence-corrected chi connectivity index (χ0v) is 12.5. The lowest BCUT2D eigenvalue weighted by Crippen LogP contribution is -2.52. The Hall–Kier alpha value is -0.160. The average molecular weight is 279 g/mol. The van der Waals surface area contributed by atoms with Crippen molar-refractivity contribution in [1.82, 2.24) is 15.5 Å². The minimum Gasteiger partial charge on any atom is -0.379 e. The summed E-state index contributed by atoms with van der Waals surface area (Å²) in [5.74, 6) is 0.783. The summed E-state index contributed by atoms with van der Waals surface area (Å²) in [5, 5.41) is 7.68. The zero-order valence-electron chi connectivity index (χ0n) is 12.5. The molecule has 4 heteroatoms. The molecule has 0 aromatic rings. The first kappa shape index (κ1) is 13.5. The van der Waals surface area contributed by atoms with Crippen molar-refractivity contribution >= 4 is 0 Å². The van der Waals surface area contributed by atoms with Crippen molar-refractivity contribution in [2.45, 2.75) is 62.7 Å². The molecule has 4 aliphatic rings. The summed E-state index contributed by atoms with van der Waals surface area (Å²) in [5.41, 5.74) is 0. The van der Waals surface area contributed by atoms with Crippen molar-refractivity contribution in [2.24, 2.45) is 5.92 Å². The van der Waals surface area contributed by atoms with Crippen molar-refractivity contribution < 1.29 is 4.74 Å². The first-order chi connectivity index (χ1) is 9.90. The molecule has 0 aromatic heterocycles. The van der Waals surface area contributed by atoms with Gasteiger partial charge >= 0.3 is 0 Å². The van der Waals surface area contributed by atoms with Crippen LogP contribution in [0.5, 0.6) is 0 Å². The summed E-state index contributed by atoms with van der Waals surface area (Å²) in [6.45, 7) is 5.46. The van der Waals surface area contributed by atoms with Crippen LogP contribution in [0.15, 0.2) is 0 Å². The second-order valence-corrected chi connectivity index (χ2v) is 7.22. The molecule has 0 amide bonds. The molecule has 114 valence electrons. The number of hydrogen-bond acceptors (Lipinski definition) is 4. The fourth-order valence-corrected chi connectivity index (χ4v) is 4.54. The van der Waals surface area contributed by atoms with Gasteiger partial charge in [0.2, 0.25) is 0 Å². The molecule has 4 unspecified atom stereocenters. The standard InChI is InChI=1S/C16H29N3O/c1-2-14(16-11-20-9-7-17-16)15(3-1)18-12-6-8-19(10-12)13-4-5-13/h12-18H,1-11H2. The molecule has 4 rings (SSSR count). The third kappa shape index (κ3) is 2.89. The smallest absolute Gasteiger partial charge is 0.0623 e. The van der Waals surface area contributed by atoms with Crippen LogP contribution >= 0.6 is 0 Å². The lowest BCUT2D eigenvalue weighted by molar-refractivity contribution is 0.0517. The molecule has 0 bridgehead atoms. The van der Waals surface area contributed by atoms with Crippen LogP contribution in [-0.4, -0.2) is 61.9 Å². The van der Waals surface area contributed by atoms with Crippen molar-refractivity contribution in [2.75, 3.05) is 32.8 Å². The van der Waals surface area contributed by atoms with Gasteiger partial charge in [0.25, 0.3) is 0 Å². The number of likely N-dealkylation sites (tertiary alicyclic amines) is 1. The van der Waals surface area contributed by atoms with Crippen LogP contribution in [0.25, 0.3) is 0 Å². The highest BCUT2D eigenvalue weighted by atomic mass is 16.5. The van der Waals surface area contributed by atoms with Crippen LogP contribution in [-0.2, 0) is 4.74 Å². The summed E-state index contributed by atoms with van der Waals surface area (Å²) in [4.78, 5) is 2.71. The molecule has 4 fully saturated rings. The van der Waals surface area contributed by atoms with E-state index < -0.39 is 0 Å². The fourth-order valence-electron chi connectivity index (χ4n) is 4.54. The van der Waals surface area contributed by atoms with Crippen LogP contribution in [0.3, 0.4) is 0 Å². The third-order valence-corrected chi connectivity index (χ3v) is 5.77. The summed E-state index contributed by atoms with van der Waals surface area (Å²) in [7, 11) is 0. The van der Waals surface area contributed by atoms with Gasteiger partial charge in [-0.25, -0.2) is 0 Å². The van der Waals surface area contributed by atoms with Gasteiger partial charge in [-0.2, -0.15) is 0 Å². The van der Waals surface area contributed by atoms with E-state index in [-0.39, 0.29) is 0 Å². The molecule has 2 heterocycles. The Labute approximate surface area is 122 Å². The van der Waals surface area contributed by atoms with Crippen molar-refractivity contribution in [3.05, 3.63) is 0 Å². The molecule has 2 saturated heterocycles. The van der Waals surface area contributed by atoms with Crippen LogP contribution in [0.4, 0.5) is 0 Å². The first-order valence-corrected chi connectivity index (χ1v) is 8.71. The second kappa shape index (κ2) is 5.91. The quantitative estimate of drug-likeness (QED) is 0.804. The van der Waals surface area contributed by atoms with E-state index in [9.17, 15) is 0 Å². The largest absolute Gasteiger partial charge is 0.379 e. The van der Waals surface area contributed by atoms with Crippen LogP contribution < -0.4 is 10.6 Å². The van der Waals surface area contributed by atoms with Gasteiger partial charge in [-0.05, 0) is 38.0 Å². The van der Waals surface area contributed by atoms with E-state index >= 15 is 0 Å². The summed E-state index contributed by atoms with van der Waals surface area (Å²) >= 11 is 0. The molecular weight excluding hydrogens is 250 g/mol. The lowest BCUT2D eigenvalue weighted by Gasteiger charge is -2.34. The van der Waals surface area contributed by atoms with Gasteiger partial charge in [0, 0.05) is 43.8 Å². The van der Waals surface area contributed by atoms with E-state index in [1.54, 1.807) is 0 Å². The molecule has 0 radical (unpaired) electrons. The Bertz CT molecular complexity index is 328. The van der Waals surface area contributed by atoms with E-state index in [4.69, 9.17) is 4.74 Å². The summed E-state index contributed by atoms with van der Waals surface area (Å²) in [6, 6.07) is 2.99. The van der Waals surface area contributed by atoms with Crippen molar-refractivity contribution in [1.29, 1.82) is 0 Å². The minimum absolute atomic E-state index is 0.588. The normalized spacial score (nSPS) is 43.2. The van der Waals surface area contributed by atoms with Gasteiger partial charge in [-0.3, -0.25) is 4.90 Å². The number of nitrogens with zero attached hydrogens (tertiary/aromatic N) is 1. The fraction of sp³-hybridized carbons (Fsp3) is 1.00.